The Labute approximate surface area is 186 Å². The summed E-state index contributed by atoms with van der Waals surface area (Å²) in [7, 11) is 0. The molecule has 8 heteroatoms. The van der Waals surface area contributed by atoms with Crippen molar-refractivity contribution in [3.05, 3.63) is 31.0 Å². The molecule has 1 atom stereocenters. The Balaban J connectivity index is 1.54. The molecule has 0 aliphatic heterocycles. The minimum absolute atomic E-state index is 0.0450. The van der Waals surface area contributed by atoms with E-state index in [1.807, 2.05) is 6.92 Å². The number of nitrogens with zero attached hydrogens (tertiary/aromatic N) is 2. The molecule has 1 N–H and O–H groups in total. The van der Waals surface area contributed by atoms with Gasteiger partial charge in [0.25, 0.3) is 5.91 Å². The van der Waals surface area contributed by atoms with E-state index in [1.54, 1.807) is 11.3 Å². The van der Waals surface area contributed by atoms with Crippen molar-refractivity contribution in [1.29, 1.82) is 0 Å². The van der Waals surface area contributed by atoms with Crippen LogP contribution in [0.5, 0.6) is 0 Å². The van der Waals surface area contributed by atoms with E-state index in [-0.39, 0.29) is 23.5 Å². The van der Waals surface area contributed by atoms with Crippen LogP contribution in [0, 0.1) is 27.9 Å². The van der Waals surface area contributed by atoms with Crippen molar-refractivity contribution in [2.24, 2.45) is 22.9 Å². The summed E-state index contributed by atoms with van der Waals surface area (Å²) in [5.41, 5.74) is 2.44. The summed E-state index contributed by atoms with van der Waals surface area (Å²) in [6, 6.07) is 0. The van der Waals surface area contributed by atoms with Gasteiger partial charge in [-0.25, -0.2) is 10.1 Å². The van der Waals surface area contributed by atoms with Gasteiger partial charge in [0.1, 0.15) is 5.78 Å². The summed E-state index contributed by atoms with van der Waals surface area (Å²) in [5.74, 6) is 1.24. The quantitative estimate of drug-likeness (QED) is 0.311. The average molecular weight is 446 g/mol. The van der Waals surface area contributed by atoms with Crippen molar-refractivity contribution in [3.63, 3.8) is 0 Å². The lowest BCUT2D eigenvalue weighted by molar-refractivity contribution is -0.485. The lowest BCUT2D eigenvalue weighted by Gasteiger charge is -2.23. The number of carbonyl (C=O) groups is 2. The minimum atomic E-state index is -0.595. The Morgan fingerprint density at radius 3 is 2.61 bits per heavy atom. The van der Waals surface area contributed by atoms with Crippen molar-refractivity contribution in [3.8, 4) is 0 Å². The summed E-state index contributed by atoms with van der Waals surface area (Å²) in [6.07, 6.45) is 9.25. The van der Waals surface area contributed by atoms with Crippen molar-refractivity contribution in [2.75, 3.05) is 6.54 Å². The van der Waals surface area contributed by atoms with Crippen LogP contribution in [-0.2, 0) is 24.1 Å². The molecule has 31 heavy (non-hydrogen) atoms. The molecule has 1 aromatic rings. The zero-order valence-corrected chi connectivity index (χ0v) is 19.0. The molecule has 3 aliphatic rings. The smallest absolute Gasteiger partial charge is 0.252 e. The fourth-order valence-electron chi connectivity index (χ4n) is 4.56. The number of rotatable bonds is 11. The predicted molar refractivity (Wildman–Crippen MR) is 120 cm³/mol. The molecule has 1 amide bonds. The first-order valence-electron chi connectivity index (χ1n) is 11.6. The summed E-state index contributed by atoms with van der Waals surface area (Å²) < 4.78 is 0. The molecule has 0 saturated heterocycles. The third-order valence-electron chi connectivity index (χ3n) is 6.56. The number of amides is 1. The van der Waals surface area contributed by atoms with Gasteiger partial charge in [0.2, 0.25) is 0 Å². The molecule has 2 saturated carbocycles. The van der Waals surface area contributed by atoms with Crippen LogP contribution in [0.1, 0.15) is 84.0 Å². The number of nitrogens with one attached hydrogen (secondary N) is 1. The van der Waals surface area contributed by atoms with Gasteiger partial charge in [-0.15, -0.1) is 11.3 Å². The molecule has 0 radical (unpaired) electrons. The molecule has 0 spiro atoms. The van der Waals surface area contributed by atoms with Gasteiger partial charge in [0.15, 0.2) is 5.03 Å². The van der Waals surface area contributed by atoms with Crippen LogP contribution in [0.15, 0.2) is 5.10 Å². The number of aryl methyl sites for hydroxylation is 1. The molecule has 2 fully saturated rings. The first-order valence-corrected chi connectivity index (χ1v) is 12.4. The van der Waals surface area contributed by atoms with E-state index < -0.39 is 5.03 Å². The van der Waals surface area contributed by atoms with Gasteiger partial charge in [-0.1, -0.05) is 13.3 Å². The van der Waals surface area contributed by atoms with Crippen LogP contribution in [0.3, 0.4) is 0 Å². The second-order valence-electron chi connectivity index (χ2n) is 9.34. The summed E-state index contributed by atoms with van der Waals surface area (Å²) in [6.45, 7) is 2.71. The van der Waals surface area contributed by atoms with Crippen molar-refractivity contribution < 1.29 is 14.6 Å². The molecule has 3 aliphatic carbocycles. The van der Waals surface area contributed by atoms with Gasteiger partial charge in [-0.3, -0.25) is 9.59 Å². The van der Waals surface area contributed by atoms with E-state index in [2.05, 4.69) is 10.4 Å². The Morgan fingerprint density at radius 2 is 1.97 bits per heavy atom. The molecule has 1 aromatic heterocycles. The highest BCUT2D eigenvalue weighted by molar-refractivity contribution is 7.12. The topological polar surface area (TPSA) is 102 Å². The highest BCUT2D eigenvalue weighted by Crippen LogP contribution is 2.40. The largest absolute Gasteiger partial charge is 0.352 e. The minimum Gasteiger partial charge on any atom is -0.352 e. The number of fused-ring (bicyclic) bond motifs is 1. The summed E-state index contributed by atoms with van der Waals surface area (Å²) in [5, 5.41) is 17.0. The van der Waals surface area contributed by atoms with E-state index >= 15 is 0 Å². The van der Waals surface area contributed by atoms with E-state index in [0.717, 1.165) is 54.5 Å². The summed E-state index contributed by atoms with van der Waals surface area (Å²) >= 11 is 1.64. The van der Waals surface area contributed by atoms with Crippen LogP contribution >= 0.6 is 11.3 Å². The molecule has 1 unspecified atom stereocenters. The fraction of sp³-hybridized carbons (Fsp3) is 0.696. The van der Waals surface area contributed by atoms with Gasteiger partial charge >= 0.3 is 0 Å². The van der Waals surface area contributed by atoms with E-state index in [0.29, 0.717) is 37.4 Å². The first kappa shape index (κ1) is 22.1. The second-order valence-corrected chi connectivity index (χ2v) is 10.5. The first-order chi connectivity index (χ1) is 14.9. The van der Waals surface area contributed by atoms with E-state index in [4.69, 9.17) is 0 Å². The number of thiophene rings is 1. The number of carbonyl (C=O) groups excluding carboxylic acids is 2. The fourth-order valence-corrected chi connectivity index (χ4v) is 5.92. The summed E-state index contributed by atoms with van der Waals surface area (Å²) in [4.78, 5) is 38.7. The van der Waals surface area contributed by atoms with Crippen LogP contribution in [0.4, 0.5) is 0 Å². The molecule has 168 valence electrons. The standard InChI is InChI=1S/C23H31N3O4S/c1-2-3-17(25-26(29)30)10-15-6-9-20-18(11-15)22(23(28)24-13-14-4-5-14)21(31-20)12-19(27)16-7-8-16/h14-16H,2-13H2,1H3,(H,24,28). The molecular weight excluding hydrogens is 414 g/mol. The van der Waals surface area contributed by atoms with Crippen LogP contribution in [0.2, 0.25) is 0 Å². The Morgan fingerprint density at radius 1 is 1.19 bits per heavy atom. The maximum absolute atomic E-state index is 13.1. The number of Topliss-reactive ketones (excluding diaryl/α,β-unsaturated/α-hetero) is 1. The predicted octanol–water partition coefficient (Wildman–Crippen LogP) is 4.34. The molecule has 4 rings (SSSR count). The van der Waals surface area contributed by atoms with Crippen LogP contribution in [-0.4, -0.2) is 29.0 Å². The lowest BCUT2D eigenvalue weighted by Crippen LogP contribution is -2.28. The van der Waals surface area contributed by atoms with Gasteiger partial charge in [0, 0.05) is 28.6 Å². The Bertz CT molecular complexity index is 899. The monoisotopic (exact) mass is 445 g/mol. The number of ketones is 1. The van der Waals surface area contributed by atoms with Gasteiger partial charge in [-0.2, -0.15) is 0 Å². The number of hydrazone groups is 1. The van der Waals surface area contributed by atoms with Crippen molar-refractivity contribution in [1.82, 2.24) is 5.32 Å². The maximum Gasteiger partial charge on any atom is 0.252 e. The van der Waals surface area contributed by atoms with Crippen LogP contribution in [0.25, 0.3) is 0 Å². The zero-order valence-electron chi connectivity index (χ0n) is 18.2. The average Bonchev–Trinajstić information content (AvgIpc) is 3.62. The van der Waals surface area contributed by atoms with Gasteiger partial charge < -0.3 is 5.32 Å². The number of hydrogen-bond donors (Lipinski definition) is 1. The lowest BCUT2D eigenvalue weighted by atomic mass is 9.82. The number of nitro groups is 1. The third-order valence-corrected chi connectivity index (χ3v) is 7.86. The zero-order chi connectivity index (χ0) is 22.0. The molecule has 1 heterocycles. The molecular formula is C23H31N3O4S. The van der Waals surface area contributed by atoms with E-state index in [9.17, 15) is 19.7 Å². The second kappa shape index (κ2) is 9.59. The van der Waals surface area contributed by atoms with E-state index in [1.165, 1.54) is 17.7 Å². The SMILES string of the molecule is CCCC(CC1CCc2sc(CC(=O)C3CC3)c(C(=O)NCC3CC3)c2C1)=N[N+](=O)[O-]. The molecule has 0 aromatic carbocycles. The normalized spacial score (nSPS) is 20.9. The van der Waals surface area contributed by atoms with Gasteiger partial charge in [-0.05, 0) is 75.2 Å². The highest BCUT2D eigenvalue weighted by Gasteiger charge is 2.34. The highest BCUT2D eigenvalue weighted by atomic mass is 32.1. The number of hydrogen-bond acceptors (Lipinski definition) is 5. The van der Waals surface area contributed by atoms with Crippen molar-refractivity contribution >= 4 is 28.7 Å². The molecule has 7 nitrogen and oxygen atoms in total. The van der Waals surface area contributed by atoms with Crippen molar-refractivity contribution in [2.45, 2.75) is 77.6 Å². The maximum atomic E-state index is 13.1. The van der Waals surface area contributed by atoms with Crippen LogP contribution < -0.4 is 5.32 Å². The Hall–Kier alpha value is -2.09. The third kappa shape index (κ3) is 5.79. The van der Waals surface area contributed by atoms with Gasteiger partial charge in [0.05, 0.1) is 16.4 Å². The molecule has 0 bridgehead atoms. The Kier molecular flexibility index (Phi) is 6.84.